The van der Waals surface area contributed by atoms with Crippen molar-refractivity contribution in [2.24, 2.45) is 0 Å². The number of halogens is 1. The van der Waals surface area contributed by atoms with Gasteiger partial charge in [-0.15, -0.1) is 0 Å². The van der Waals surface area contributed by atoms with E-state index in [1.807, 2.05) is 0 Å². The summed E-state index contributed by atoms with van der Waals surface area (Å²) < 4.78 is 27.9. The molecule has 0 heterocycles. The van der Waals surface area contributed by atoms with Crippen molar-refractivity contribution in [3.63, 3.8) is 0 Å². The van der Waals surface area contributed by atoms with Crippen molar-refractivity contribution in [2.75, 3.05) is 18.8 Å². The van der Waals surface area contributed by atoms with E-state index in [1.165, 1.54) is 23.1 Å². The van der Waals surface area contributed by atoms with Gasteiger partial charge >= 0.3 is 0 Å². The molecule has 0 atom stereocenters. The van der Waals surface area contributed by atoms with Gasteiger partial charge in [0.1, 0.15) is 0 Å². The average molecular weight is 383 g/mol. The number of rotatable bonds is 4. The molecule has 7 heteroatoms. The Kier molecular flexibility index (Phi) is 4.87. The maximum Gasteiger partial charge on any atom is 0.261 e. The van der Waals surface area contributed by atoms with Crippen molar-refractivity contribution in [2.45, 2.75) is 4.90 Å². The Morgan fingerprint density at radius 1 is 1.09 bits per heavy atom. The monoisotopic (exact) mass is 382 g/mol. The summed E-state index contributed by atoms with van der Waals surface area (Å²) in [7, 11) is -0.409. The van der Waals surface area contributed by atoms with Gasteiger partial charge in [-0.3, -0.25) is 9.52 Å². The predicted octanol–water partition coefficient (Wildman–Crippen LogP) is 2.95. The molecule has 0 aromatic heterocycles. The van der Waals surface area contributed by atoms with Crippen LogP contribution in [0.15, 0.2) is 57.9 Å². The lowest BCUT2D eigenvalue weighted by atomic mass is 10.2. The minimum Gasteiger partial charge on any atom is -0.345 e. The van der Waals surface area contributed by atoms with Gasteiger partial charge in [0.15, 0.2) is 0 Å². The summed E-state index contributed by atoms with van der Waals surface area (Å²) in [5.41, 5.74) is 0.761. The smallest absolute Gasteiger partial charge is 0.261 e. The number of benzene rings is 2. The molecule has 0 aliphatic carbocycles. The molecule has 0 aliphatic rings. The number of nitrogens with zero attached hydrogens (tertiary/aromatic N) is 1. The van der Waals surface area contributed by atoms with Crippen LogP contribution in [0.4, 0.5) is 5.69 Å². The molecular weight excluding hydrogens is 368 g/mol. The van der Waals surface area contributed by atoms with Crippen LogP contribution in [0.1, 0.15) is 10.4 Å². The number of carbonyl (C=O) groups is 1. The Bertz CT molecular complexity index is 787. The Balaban J connectivity index is 2.28. The third-order valence-electron chi connectivity index (χ3n) is 2.89. The molecule has 1 amide bonds. The maximum absolute atomic E-state index is 12.3. The van der Waals surface area contributed by atoms with Crippen molar-refractivity contribution in [3.05, 3.63) is 58.6 Å². The number of hydrogen-bond donors (Lipinski definition) is 1. The highest BCUT2D eigenvalue weighted by Gasteiger charge is 2.15. The molecule has 116 valence electrons. The minimum atomic E-state index is -3.69. The largest absolute Gasteiger partial charge is 0.345 e. The first-order chi connectivity index (χ1) is 10.3. The molecule has 0 aliphatic heterocycles. The van der Waals surface area contributed by atoms with E-state index in [4.69, 9.17) is 0 Å². The molecule has 1 N–H and O–H groups in total. The number of carbonyl (C=O) groups excluding carboxylic acids is 1. The average Bonchev–Trinajstić information content (AvgIpc) is 2.46. The zero-order valence-electron chi connectivity index (χ0n) is 12.1. The van der Waals surface area contributed by atoms with Crippen LogP contribution < -0.4 is 4.72 Å². The van der Waals surface area contributed by atoms with Gasteiger partial charge < -0.3 is 4.90 Å². The van der Waals surface area contributed by atoms with Crippen LogP contribution in [0.2, 0.25) is 0 Å². The zero-order chi connectivity index (χ0) is 16.3. The van der Waals surface area contributed by atoms with Gasteiger partial charge in [0.2, 0.25) is 0 Å². The normalized spacial score (nSPS) is 11.0. The van der Waals surface area contributed by atoms with E-state index in [0.29, 0.717) is 11.3 Å². The highest BCUT2D eigenvalue weighted by Crippen LogP contribution is 2.19. The van der Waals surface area contributed by atoms with E-state index in [9.17, 15) is 13.2 Å². The van der Waals surface area contributed by atoms with Crippen LogP contribution in [-0.4, -0.2) is 33.3 Å². The molecule has 2 rings (SSSR count). The number of anilines is 1. The molecule has 5 nitrogen and oxygen atoms in total. The van der Waals surface area contributed by atoms with Crippen LogP contribution in [0, 0.1) is 0 Å². The molecule has 0 fully saturated rings. The van der Waals surface area contributed by atoms with E-state index in [1.54, 1.807) is 44.4 Å². The van der Waals surface area contributed by atoms with Gasteiger partial charge in [0.05, 0.1) is 4.90 Å². The molecular formula is C15H15BrN2O3S. The SMILES string of the molecule is CN(C)C(=O)c1cccc(NS(=O)(=O)c2ccc(Br)cc2)c1. The molecule has 2 aromatic rings. The van der Waals surface area contributed by atoms with Gasteiger partial charge in [-0.1, -0.05) is 22.0 Å². The lowest BCUT2D eigenvalue weighted by molar-refractivity contribution is 0.0827. The summed E-state index contributed by atoms with van der Waals surface area (Å²) in [6.07, 6.45) is 0. The minimum absolute atomic E-state index is 0.153. The van der Waals surface area contributed by atoms with Crippen molar-refractivity contribution in [1.82, 2.24) is 4.90 Å². The Hall–Kier alpha value is -1.86. The topological polar surface area (TPSA) is 66.5 Å². The first-order valence-electron chi connectivity index (χ1n) is 6.40. The van der Waals surface area contributed by atoms with Crippen LogP contribution >= 0.6 is 15.9 Å². The number of nitrogens with one attached hydrogen (secondary N) is 1. The van der Waals surface area contributed by atoms with E-state index < -0.39 is 10.0 Å². The first kappa shape index (κ1) is 16.5. The van der Waals surface area contributed by atoms with Crippen molar-refractivity contribution < 1.29 is 13.2 Å². The van der Waals surface area contributed by atoms with E-state index in [2.05, 4.69) is 20.7 Å². The highest BCUT2D eigenvalue weighted by atomic mass is 79.9. The maximum atomic E-state index is 12.3. The highest BCUT2D eigenvalue weighted by molar-refractivity contribution is 9.10. The van der Waals surface area contributed by atoms with Gasteiger partial charge in [-0.2, -0.15) is 0 Å². The second-order valence-corrected chi connectivity index (χ2v) is 7.44. The Labute approximate surface area is 138 Å². The summed E-state index contributed by atoms with van der Waals surface area (Å²) >= 11 is 3.26. The lowest BCUT2D eigenvalue weighted by Crippen LogP contribution is -2.22. The molecule has 0 saturated heterocycles. The fourth-order valence-corrected chi connectivity index (χ4v) is 3.12. The summed E-state index contributed by atoms with van der Waals surface area (Å²) in [6.45, 7) is 0. The summed E-state index contributed by atoms with van der Waals surface area (Å²) in [5, 5.41) is 0. The van der Waals surface area contributed by atoms with E-state index in [0.717, 1.165) is 4.47 Å². The zero-order valence-corrected chi connectivity index (χ0v) is 14.5. The molecule has 22 heavy (non-hydrogen) atoms. The summed E-state index contributed by atoms with van der Waals surface area (Å²) in [5.74, 6) is -0.190. The lowest BCUT2D eigenvalue weighted by Gasteiger charge is -2.12. The van der Waals surface area contributed by atoms with Gasteiger partial charge in [0, 0.05) is 29.8 Å². The second kappa shape index (κ2) is 6.50. The third kappa shape index (κ3) is 3.86. The number of sulfonamides is 1. The molecule has 0 bridgehead atoms. The van der Waals surface area contributed by atoms with Crippen LogP contribution in [0.3, 0.4) is 0 Å². The number of amides is 1. The summed E-state index contributed by atoms with van der Waals surface area (Å²) in [6, 6.07) is 12.7. The van der Waals surface area contributed by atoms with Gasteiger partial charge in [0.25, 0.3) is 15.9 Å². The molecule has 2 aromatic carbocycles. The summed E-state index contributed by atoms with van der Waals surface area (Å²) in [4.78, 5) is 13.5. The fourth-order valence-electron chi connectivity index (χ4n) is 1.80. The van der Waals surface area contributed by atoms with Gasteiger partial charge in [-0.25, -0.2) is 8.42 Å². The van der Waals surface area contributed by atoms with Crippen LogP contribution in [-0.2, 0) is 10.0 Å². The van der Waals surface area contributed by atoms with E-state index >= 15 is 0 Å². The standard InChI is InChI=1S/C15H15BrN2O3S/c1-18(2)15(19)11-4-3-5-13(10-11)17-22(20,21)14-8-6-12(16)7-9-14/h3-10,17H,1-2H3. The Morgan fingerprint density at radius 2 is 1.73 bits per heavy atom. The molecule has 0 unspecified atom stereocenters. The van der Waals surface area contributed by atoms with Crippen LogP contribution in [0.25, 0.3) is 0 Å². The predicted molar refractivity (Wildman–Crippen MR) is 89.4 cm³/mol. The molecule has 0 saturated carbocycles. The second-order valence-electron chi connectivity index (χ2n) is 4.84. The molecule has 0 radical (unpaired) electrons. The quantitative estimate of drug-likeness (QED) is 0.883. The third-order valence-corrected chi connectivity index (χ3v) is 4.82. The van der Waals surface area contributed by atoms with E-state index in [-0.39, 0.29) is 10.8 Å². The van der Waals surface area contributed by atoms with Gasteiger partial charge in [-0.05, 0) is 42.5 Å². The fraction of sp³-hybridized carbons (Fsp3) is 0.133. The Morgan fingerprint density at radius 3 is 2.32 bits per heavy atom. The van der Waals surface area contributed by atoms with Crippen molar-refractivity contribution >= 4 is 37.5 Å². The van der Waals surface area contributed by atoms with Crippen LogP contribution in [0.5, 0.6) is 0 Å². The first-order valence-corrected chi connectivity index (χ1v) is 8.67. The number of hydrogen-bond acceptors (Lipinski definition) is 3. The van der Waals surface area contributed by atoms with Crippen molar-refractivity contribution in [1.29, 1.82) is 0 Å². The van der Waals surface area contributed by atoms with Crippen molar-refractivity contribution in [3.8, 4) is 0 Å². The molecule has 0 spiro atoms.